The summed E-state index contributed by atoms with van der Waals surface area (Å²) in [6.07, 6.45) is 0. The summed E-state index contributed by atoms with van der Waals surface area (Å²) in [6, 6.07) is 34.1. The van der Waals surface area contributed by atoms with Crippen LogP contribution >= 0.6 is 0 Å². The standard InChI is InChI=1S/C27H17N3O/c1-3-10-18(11-4-1)25-28-26(19-12-5-2-6-13-19)30-27(29-25)22-16-9-15-21-20-14-7-8-17-23(20)31-24(21)22/h1-17H. The smallest absolute Gasteiger partial charge is 0.167 e. The minimum atomic E-state index is 0.595. The highest BCUT2D eigenvalue weighted by molar-refractivity contribution is 6.09. The average Bonchev–Trinajstić information content (AvgIpc) is 3.24. The molecule has 146 valence electrons. The summed E-state index contributed by atoms with van der Waals surface area (Å²) in [5, 5.41) is 2.14. The summed E-state index contributed by atoms with van der Waals surface area (Å²) in [7, 11) is 0. The normalized spacial score (nSPS) is 11.2. The fraction of sp³-hybridized carbons (Fsp3) is 0. The van der Waals surface area contributed by atoms with Gasteiger partial charge in [-0.15, -0.1) is 0 Å². The third-order valence-electron chi connectivity index (χ3n) is 5.34. The molecule has 0 aliphatic heterocycles. The molecule has 0 aliphatic rings. The van der Waals surface area contributed by atoms with Crippen molar-refractivity contribution in [1.82, 2.24) is 15.0 Å². The van der Waals surface area contributed by atoms with Gasteiger partial charge in [0.2, 0.25) is 0 Å². The molecular weight excluding hydrogens is 382 g/mol. The molecule has 0 spiro atoms. The first kappa shape index (κ1) is 17.5. The Kier molecular flexibility index (Phi) is 4.06. The molecule has 0 amide bonds. The van der Waals surface area contributed by atoms with Gasteiger partial charge < -0.3 is 4.42 Å². The van der Waals surface area contributed by atoms with E-state index in [0.29, 0.717) is 17.5 Å². The monoisotopic (exact) mass is 399 g/mol. The molecule has 0 aliphatic carbocycles. The Labute approximate surface area is 178 Å². The molecule has 2 heterocycles. The third-order valence-corrected chi connectivity index (χ3v) is 5.34. The van der Waals surface area contributed by atoms with Gasteiger partial charge in [0.25, 0.3) is 0 Å². The quantitative estimate of drug-likeness (QED) is 0.329. The zero-order valence-electron chi connectivity index (χ0n) is 16.6. The number of fused-ring (bicyclic) bond motifs is 3. The molecule has 0 radical (unpaired) electrons. The number of rotatable bonds is 3. The van der Waals surface area contributed by atoms with Gasteiger partial charge in [-0.1, -0.05) is 91.0 Å². The Balaban J connectivity index is 1.63. The third kappa shape index (κ3) is 3.06. The lowest BCUT2D eigenvalue weighted by Gasteiger charge is -2.08. The van der Waals surface area contributed by atoms with Crippen molar-refractivity contribution in [3.05, 3.63) is 103 Å². The van der Waals surface area contributed by atoms with E-state index >= 15 is 0 Å². The van der Waals surface area contributed by atoms with Gasteiger partial charge in [0.05, 0.1) is 5.56 Å². The first-order chi connectivity index (χ1) is 15.4. The Morgan fingerprint density at radius 1 is 0.452 bits per heavy atom. The maximum atomic E-state index is 6.23. The van der Waals surface area contributed by atoms with Crippen LogP contribution in [0.2, 0.25) is 0 Å². The van der Waals surface area contributed by atoms with Crippen molar-refractivity contribution >= 4 is 21.9 Å². The number of hydrogen-bond donors (Lipinski definition) is 0. The highest BCUT2D eigenvalue weighted by atomic mass is 16.3. The average molecular weight is 399 g/mol. The second-order valence-corrected chi connectivity index (χ2v) is 7.32. The Bertz CT molecular complexity index is 1460. The van der Waals surface area contributed by atoms with Crippen molar-refractivity contribution in [3.8, 4) is 34.2 Å². The zero-order valence-corrected chi connectivity index (χ0v) is 16.6. The summed E-state index contributed by atoms with van der Waals surface area (Å²) in [5.74, 6) is 1.87. The van der Waals surface area contributed by atoms with Crippen LogP contribution in [-0.4, -0.2) is 15.0 Å². The van der Waals surface area contributed by atoms with Crippen molar-refractivity contribution in [1.29, 1.82) is 0 Å². The van der Waals surface area contributed by atoms with Crippen molar-refractivity contribution in [2.24, 2.45) is 0 Å². The van der Waals surface area contributed by atoms with Gasteiger partial charge >= 0.3 is 0 Å². The molecular formula is C27H17N3O. The SMILES string of the molecule is c1ccc(-c2nc(-c3ccccc3)nc(-c3cccc4c3oc3ccccc34)n2)cc1. The van der Waals surface area contributed by atoms with E-state index in [1.807, 2.05) is 91.0 Å². The van der Waals surface area contributed by atoms with Crippen LogP contribution in [0.1, 0.15) is 0 Å². The molecule has 0 unspecified atom stereocenters. The zero-order chi connectivity index (χ0) is 20.6. The number of aromatic nitrogens is 3. The predicted molar refractivity (Wildman–Crippen MR) is 123 cm³/mol. The van der Waals surface area contributed by atoms with E-state index < -0.39 is 0 Å². The van der Waals surface area contributed by atoms with Crippen LogP contribution in [0.3, 0.4) is 0 Å². The molecule has 6 rings (SSSR count). The minimum absolute atomic E-state index is 0.595. The molecule has 0 atom stereocenters. The number of benzene rings is 4. The Morgan fingerprint density at radius 3 is 1.68 bits per heavy atom. The second kappa shape index (κ2) is 7.18. The van der Waals surface area contributed by atoms with Crippen molar-refractivity contribution in [2.75, 3.05) is 0 Å². The lowest BCUT2D eigenvalue weighted by molar-refractivity contribution is 0.669. The number of furan rings is 1. The number of nitrogens with zero attached hydrogens (tertiary/aromatic N) is 3. The molecule has 0 saturated heterocycles. The molecule has 4 nitrogen and oxygen atoms in total. The number of para-hydroxylation sites is 2. The van der Waals surface area contributed by atoms with Crippen LogP contribution < -0.4 is 0 Å². The molecule has 0 bridgehead atoms. The summed E-state index contributed by atoms with van der Waals surface area (Å²) >= 11 is 0. The fourth-order valence-electron chi connectivity index (χ4n) is 3.85. The van der Waals surface area contributed by atoms with E-state index in [4.69, 9.17) is 19.4 Å². The predicted octanol–water partition coefficient (Wildman–Crippen LogP) is 6.77. The molecule has 6 aromatic rings. The van der Waals surface area contributed by atoms with Crippen LogP contribution in [0.25, 0.3) is 56.1 Å². The fourth-order valence-corrected chi connectivity index (χ4v) is 3.85. The first-order valence-corrected chi connectivity index (χ1v) is 10.1. The lowest BCUT2D eigenvalue weighted by atomic mass is 10.1. The van der Waals surface area contributed by atoms with E-state index in [-0.39, 0.29) is 0 Å². The maximum Gasteiger partial charge on any atom is 0.167 e. The summed E-state index contributed by atoms with van der Waals surface area (Å²) in [6.45, 7) is 0. The van der Waals surface area contributed by atoms with Crippen LogP contribution in [0, 0.1) is 0 Å². The Morgan fingerprint density at radius 2 is 1.00 bits per heavy atom. The highest BCUT2D eigenvalue weighted by Gasteiger charge is 2.17. The van der Waals surface area contributed by atoms with Gasteiger partial charge in [0.1, 0.15) is 11.2 Å². The summed E-state index contributed by atoms with van der Waals surface area (Å²) < 4.78 is 6.23. The van der Waals surface area contributed by atoms with E-state index in [9.17, 15) is 0 Å². The summed E-state index contributed by atoms with van der Waals surface area (Å²) in [4.78, 5) is 14.4. The van der Waals surface area contributed by atoms with E-state index in [1.54, 1.807) is 0 Å². The van der Waals surface area contributed by atoms with Gasteiger partial charge in [-0.05, 0) is 12.1 Å². The Hall–Kier alpha value is -4.31. The molecule has 31 heavy (non-hydrogen) atoms. The first-order valence-electron chi connectivity index (χ1n) is 10.1. The largest absolute Gasteiger partial charge is 0.455 e. The lowest BCUT2D eigenvalue weighted by Crippen LogP contribution is -2.00. The van der Waals surface area contributed by atoms with E-state index in [2.05, 4.69) is 12.1 Å². The highest BCUT2D eigenvalue weighted by Crippen LogP contribution is 2.35. The van der Waals surface area contributed by atoms with Crippen molar-refractivity contribution < 1.29 is 4.42 Å². The minimum Gasteiger partial charge on any atom is -0.455 e. The van der Waals surface area contributed by atoms with Gasteiger partial charge in [0.15, 0.2) is 17.5 Å². The molecule has 2 aromatic heterocycles. The van der Waals surface area contributed by atoms with E-state index in [1.165, 1.54) is 0 Å². The van der Waals surface area contributed by atoms with E-state index in [0.717, 1.165) is 38.6 Å². The maximum absolute atomic E-state index is 6.23. The van der Waals surface area contributed by atoms with Gasteiger partial charge in [-0.25, -0.2) is 15.0 Å². The molecule has 4 heteroatoms. The van der Waals surface area contributed by atoms with Gasteiger partial charge in [0, 0.05) is 21.9 Å². The molecule has 0 N–H and O–H groups in total. The summed E-state index contributed by atoms with van der Waals surface area (Å²) in [5.41, 5.74) is 4.38. The second-order valence-electron chi connectivity index (χ2n) is 7.32. The van der Waals surface area contributed by atoms with Crippen molar-refractivity contribution in [2.45, 2.75) is 0 Å². The topological polar surface area (TPSA) is 51.8 Å². The van der Waals surface area contributed by atoms with Crippen LogP contribution in [0.4, 0.5) is 0 Å². The van der Waals surface area contributed by atoms with Gasteiger partial charge in [-0.2, -0.15) is 0 Å². The van der Waals surface area contributed by atoms with Gasteiger partial charge in [-0.3, -0.25) is 0 Å². The van der Waals surface area contributed by atoms with Crippen molar-refractivity contribution in [3.63, 3.8) is 0 Å². The molecule has 0 fully saturated rings. The molecule has 4 aromatic carbocycles. The molecule has 0 saturated carbocycles. The van der Waals surface area contributed by atoms with Crippen LogP contribution in [-0.2, 0) is 0 Å². The van der Waals surface area contributed by atoms with Crippen LogP contribution in [0.15, 0.2) is 108 Å². The number of hydrogen-bond acceptors (Lipinski definition) is 4. The van der Waals surface area contributed by atoms with Crippen LogP contribution in [0.5, 0.6) is 0 Å².